The van der Waals surface area contributed by atoms with Gasteiger partial charge < -0.3 is 25.1 Å². The van der Waals surface area contributed by atoms with Crippen LogP contribution in [0.2, 0.25) is 0 Å². The Bertz CT molecular complexity index is 635. The minimum Gasteiger partial charge on any atom is -0.469 e. The van der Waals surface area contributed by atoms with Crippen molar-refractivity contribution in [2.45, 2.75) is 96.9 Å². The second-order valence-electron chi connectivity index (χ2n) is 8.85. The SMILES string of the molecule is CCC(C)NC(=NCCc1ccco1)NC1CCC(NC(=O)OC(C)(C)C)CC1.I. The minimum absolute atomic E-state index is 0. The fourth-order valence-electron chi connectivity index (χ4n) is 3.25. The van der Waals surface area contributed by atoms with Crippen LogP contribution < -0.4 is 16.0 Å². The lowest BCUT2D eigenvalue weighted by Gasteiger charge is -2.31. The Hall–Kier alpha value is -1.45. The van der Waals surface area contributed by atoms with E-state index in [1.54, 1.807) is 6.26 Å². The molecular formula is C22H39IN4O3. The summed E-state index contributed by atoms with van der Waals surface area (Å²) < 4.78 is 10.7. The van der Waals surface area contributed by atoms with Crippen LogP contribution in [0.3, 0.4) is 0 Å². The number of amides is 1. The van der Waals surface area contributed by atoms with Gasteiger partial charge in [-0.15, -0.1) is 24.0 Å². The van der Waals surface area contributed by atoms with Gasteiger partial charge in [-0.25, -0.2) is 4.79 Å². The van der Waals surface area contributed by atoms with Crippen LogP contribution in [0.1, 0.15) is 72.5 Å². The van der Waals surface area contributed by atoms with Gasteiger partial charge in [0.1, 0.15) is 11.4 Å². The number of nitrogens with one attached hydrogen (secondary N) is 3. The molecule has 8 heteroatoms. The molecule has 3 N–H and O–H groups in total. The van der Waals surface area contributed by atoms with E-state index in [0.717, 1.165) is 50.2 Å². The summed E-state index contributed by atoms with van der Waals surface area (Å²) in [6, 6.07) is 4.76. The van der Waals surface area contributed by atoms with Crippen molar-refractivity contribution < 1.29 is 13.9 Å². The van der Waals surface area contributed by atoms with Crippen molar-refractivity contribution >= 4 is 36.0 Å². The van der Waals surface area contributed by atoms with Crippen molar-refractivity contribution in [1.29, 1.82) is 0 Å². The first-order valence-corrected chi connectivity index (χ1v) is 10.8. The molecule has 1 heterocycles. The fourth-order valence-corrected chi connectivity index (χ4v) is 3.25. The highest BCUT2D eigenvalue weighted by Crippen LogP contribution is 2.19. The number of halogens is 1. The zero-order chi connectivity index (χ0) is 21.3. The number of guanidine groups is 1. The van der Waals surface area contributed by atoms with Gasteiger partial charge in [-0.3, -0.25) is 4.99 Å². The number of aliphatic imine (C=N–C) groups is 1. The Morgan fingerprint density at radius 1 is 1.23 bits per heavy atom. The zero-order valence-electron chi connectivity index (χ0n) is 19.0. The molecule has 0 saturated heterocycles. The van der Waals surface area contributed by atoms with Gasteiger partial charge in [-0.2, -0.15) is 0 Å². The maximum Gasteiger partial charge on any atom is 0.407 e. The van der Waals surface area contributed by atoms with Crippen molar-refractivity contribution in [3.63, 3.8) is 0 Å². The largest absolute Gasteiger partial charge is 0.469 e. The van der Waals surface area contributed by atoms with E-state index in [1.807, 2.05) is 32.9 Å². The van der Waals surface area contributed by atoms with E-state index in [-0.39, 0.29) is 36.1 Å². The van der Waals surface area contributed by atoms with Crippen LogP contribution in [0.4, 0.5) is 4.79 Å². The van der Waals surface area contributed by atoms with E-state index in [9.17, 15) is 4.79 Å². The molecule has 172 valence electrons. The number of nitrogens with zero attached hydrogens (tertiary/aromatic N) is 1. The lowest BCUT2D eigenvalue weighted by molar-refractivity contribution is 0.0490. The molecule has 1 saturated carbocycles. The Labute approximate surface area is 198 Å². The highest BCUT2D eigenvalue weighted by molar-refractivity contribution is 14.0. The summed E-state index contributed by atoms with van der Waals surface area (Å²) in [7, 11) is 0. The summed E-state index contributed by atoms with van der Waals surface area (Å²) in [6.07, 6.45) is 7.02. The number of rotatable bonds is 7. The summed E-state index contributed by atoms with van der Waals surface area (Å²) in [5.74, 6) is 1.81. The van der Waals surface area contributed by atoms with Gasteiger partial charge in [0.2, 0.25) is 0 Å². The first kappa shape index (κ1) is 26.6. The van der Waals surface area contributed by atoms with Crippen molar-refractivity contribution in [2.75, 3.05) is 6.54 Å². The van der Waals surface area contributed by atoms with Crippen molar-refractivity contribution in [3.05, 3.63) is 24.2 Å². The third-order valence-corrected chi connectivity index (χ3v) is 4.99. The van der Waals surface area contributed by atoms with Gasteiger partial charge in [-0.05, 0) is 71.9 Å². The molecular weight excluding hydrogens is 495 g/mol. The third kappa shape index (κ3) is 10.5. The number of hydrogen-bond acceptors (Lipinski definition) is 4. The van der Waals surface area contributed by atoms with Crippen LogP contribution in [0.15, 0.2) is 27.8 Å². The van der Waals surface area contributed by atoms with Crippen LogP contribution in [0.5, 0.6) is 0 Å². The lowest BCUT2D eigenvalue weighted by atomic mass is 9.91. The summed E-state index contributed by atoms with van der Waals surface area (Å²) in [5.41, 5.74) is -0.467. The molecule has 1 unspecified atom stereocenters. The summed E-state index contributed by atoms with van der Waals surface area (Å²) >= 11 is 0. The van der Waals surface area contributed by atoms with E-state index in [0.29, 0.717) is 18.6 Å². The summed E-state index contributed by atoms with van der Waals surface area (Å²) in [5, 5.41) is 10.1. The average Bonchev–Trinajstić information content (AvgIpc) is 3.15. The molecule has 1 aromatic rings. The van der Waals surface area contributed by atoms with E-state index in [4.69, 9.17) is 14.1 Å². The maximum absolute atomic E-state index is 12.0. The molecule has 7 nitrogen and oxygen atoms in total. The zero-order valence-corrected chi connectivity index (χ0v) is 21.3. The fraction of sp³-hybridized carbons (Fsp3) is 0.727. The molecule has 1 atom stereocenters. The van der Waals surface area contributed by atoms with Crippen molar-refractivity contribution in [3.8, 4) is 0 Å². The Balaban J connectivity index is 0.00000450. The molecule has 30 heavy (non-hydrogen) atoms. The van der Waals surface area contributed by atoms with Crippen LogP contribution in [0, 0.1) is 0 Å². The Morgan fingerprint density at radius 2 is 1.87 bits per heavy atom. The predicted molar refractivity (Wildman–Crippen MR) is 132 cm³/mol. The van der Waals surface area contributed by atoms with Crippen LogP contribution in [-0.2, 0) is 11.2 Å². The van der Waals surface area contributed by atoms with Gasteiger partial charge >= 0.3 is 6.09 Å². The molecule has 0 radical (unpaired) electrons. The van der Waals surface area contributed by atoms with Crippen molar-refractivity contribution in [2.24, 2.45) is 4.99 Å². The predicted octanol–water partition coefficient (Wildman–Crippen LogP) is 4.61. The molecule has 1 aliphatic carbocycles. The van der Waals surface area contributed by atoms with Crippen molar-refractivity contribution in [1.82, 2.24) is 16.0 Å². The molecule has 0 aromatic carbocycles. The topological polar surface area (TPSA) is 87.9 Å². The molecule has 1 amide bonds. The average molecular weight is 534 g/mol. The monoisotopic (exact) mass is 534 g/mol. The molecule has 1 aliphatic rings. The van der Waals surface area contributed by atoms with E-state index in [1.165, 1.54) is 0 Å². The van der Waals surface area contributed by atoms with Gasteiger partial charge in [0.15, 0.2) is 5.96 Å². The highest BCUT2D eigenvalue weighted by Gasteiger charge is 2.25. The molecule has 1 fully saturated rings. The molecule has 0 spiro atoms. The Kier molecular flexibility index (Phi) is 11.6. The second kappa shape index (κ2) is 13.1. The number of ether oxygens (including phenoxy) is 1. The van der Waals surface area contributed by atoms with Gasteiger partial charge in [-0.1, -0.05) is 6.92 Å². The third-order valence-electron chi connectivity index (χ3n) is 4.99. The summed E-state index contributed by atoms with van der Waals surface area (Å²) in [6.45, 7) is 10.6. The van der Waals surface area contributed by atoms with Gasteiger partial charge in [0, 0.05) is 31.1 Å². The normalized spacial score (nSPS) is 20.6. The minimum atomic E-state index is -0.467. The number of hydrogen-bond donors (Lipinski definition) is 3. The first-order chi connectivity index (χ1) is 13.7. The quantitative estimate of drug-likeness (QED) is 0.270. The first-order valence-electron chi connectivity index (χ1n) is 10.8. The highest BCUT2D eigenvalue weighted by atomic mass is 127. The smallest absolute Gasteiger partial charge is 0.407 e. The van der Waals surface area contributed by atoms with Gasteiger partial charge in [0.25, 0.3) is 0 Å². The number of alkyl carbamates (subject to hydrolysis) is 1. The van der Waals surface area contributed by atoms with Crippen LogP contribution in [0.25, 0.3) is 0 Å². The van der Waals surface area contributed by atoms with Crippen LogP contribution in [-0.4, -0.2) is 42.3 Å². The number of carbonyl (C=O) groups is 1. The molecule has 0 bridgehead atoms. The van der Waals surface area contributed by atoms with E-state index < -0.39 is 5.60 Å². The van der Waals surface area contributed by atoms with Gasteiger partial charge in [0.05, 0.1) is 6.26 Å². The van der Waals surface area contributed by atoms with E-state index >= 15 is 0 Å². The summed E-state index contributed by atoms with van der Waals surface area (Å²) in [4.78, 5) is 16.7. The van der Waals surface area contributed by atoms with E-state index in [2.05, 4.69) is 29.8 Å². The molecule has 0 aliphatic heterocycles. The molecule has 2 rings (SSSR count). The molecule has 1 aromatic heterocycles. The van der Waals surface area contributed by atoms with Crippen LogP contribution >= 0.6 is 24.0 Å². The number of carbonyl (C=O) groups excluding carboxylic acids is 1. The maximum atomic E-state index is 12.0. The standard InChI is InChI=1S/C22H38N4O3.HI/c1-6-16(2)24-20(23-14-13-19-8-7-15-28-19)25-17-9-11-18(12-10-17)26-21(27)29-22(3,4)5;/h7-8,15-18H,6,9-14H2,1-5H3,(H,26,27)(H2,23,24,25);1H. The Morgan fingerprint density at radius 3 is 2.40 bits per heavy atom. The second-order valence-corrected chi connectivity index (χ2v) is 8.85. The number of furan rings is 1. The lowest BCUT2D eigenvalue weighted by Crippen LogP contribution is -2.49.